The van der Waals surface area contributed by atoms with Crippen LogP contribution >= 0.6 is 11.3 Å². The van der Waals surface area contributed by atoms with Gasteiger partial charge >= 0.3 is 6.09 Å². The van der Waals surface area contributed by atoms with Gasteiger partial charge in [0, 0.05) is 25.6 Å². The average Bonchev–Trinajstić information content (AvgIpc) is 3.49. The summed E-state index contributed by atoms with van der Waals surface area (Å²) < 4.78 is 20.8. The molecule has 0 unspecified atom stereocenters. The topological polar surface area (TPSA) is 76.5 Å². The number of aromatic nitrogens is 2. The molecule has 2 aromatic heterocycles. The van der Waals surface area contributed by atoms with Gasteiger partial charge in [-0.15, -0.1) is 0 Å². The van der Waals surface area contributed by atoms with E-state index in [2.05, 4.69) is 15.8 Å². The number of carbonyl (C=O) groups excluding carboxylic acids is 2. The van der Waals surface area contributed by atoms with Crippen molar-refractivity contribution in [3.8, 4) is 5.69 Å². The zero-order chi connectivity index (χ0) is 25.0. The maximum atomic E-state index is 13.5. The second-order valence-electron chi connectivity index (χ2n) is 9.71. The fraction of sp³-hybridized carbons (Fsp3) is 0.423. The van der Waals surface area contributed by atoms with Crippen molar-refractivity contribution in [3.05, 3.63) is 69.9 Å². The van der Waals surface area contributed by atoms with Crippen molar-refractivity contribution >= 4 is 23.3 Å². The van der Waals surface area contributed by atoms with Crippen LogP contribution in [0.4, 0.5) is 9.18 Å². The Balaban J connectivity index is 1.53. The Morgan fingerprint density at radius 2 is 1.89 bits per heavy atom. The molecule has 3 aromatic rings. The Morgan fingerprint density at radius 3 is 2.51 bits per heavy atom. The highest BCUT2D eigenvalue weighted by Crippen LogP contribution is 2.32. The number of hydrogen-bond acceptors (Lipinski definition) is 5. The number of carbonyl (C=O) groups is 2. The van der Waals surface area contributed by atoms with Gasteiger partial charge in [0.05, 0.1) is 23.1 Å². The summed E-state index contributed by atoms with van der Waals surface area (Å²) in [5, 5.41) is 11.6. The lowest BCUT2D eigenvalue weighted by Crippen LogP contribution is -2.41. The Bertz CT molecular complexity index is 1140. The third-order valence-corrected chi connectivity index (χ3v) is 6.67. The predicted molar refractivity (Wildman–Crippen MR) is 134 cm³/mol. The van der Waals surface area contributed by atoms with Gasteiger partial charge in [0.2, 0.25) is 0 Å². The SMILES string of the molecule is CC(C)(C)OC(=O)N1CCC(c2c(C(=O)NCCc3ccsc3)cnn2-c2ccc(F)cc2)CC1. The van der Waals surface area contributed by atoms with Gasteiger partial charge in [-0.25, -0.2) is 13.9 Å². The molecule has 0 atom stereocenters. The van der Waals surface area contributed by atoms with E-state index in [1.807, 2.05) is 32.2 Å². The zero-order valence-corrected chi connectivity index (χ0v) is 21.1. The highest BCUT2D eigenvalue weighted by Gasteiger charge is 2.32. The number of nitrogens with zero attached hydrogens (tertiary/aromatic N) is 3. The lowest BCUT2D eigenvalue weighted by molar-refractivity contribution is 0.0203. The van der Waals surface area contributed by atoms with Gasteiger partial charge in [0.15, 0.2) is 0 Å². The quantitative estimate of drug-likeness (QED) is 0.509. The van der Waals surface area contributed by atoms with Crippen molar-refractivity contribution in [2.75, 3.05) is 19.6 Å². The molecule has 1 aromatic carbocycles. The molecule has 4 rings (SSSR count). The van der Waals surface area contributed by atoms with E-state index in [9.17, 15) is 14.0 Å². The smallest absolute Gasteiger partial charge is 0.410 e. The van der Waals surface area contributed by atoms with E-state index in [0.717, 1.165) is 12.1 Å². The molecule has 0 spiro atoms. The first kappa shape index (κ1) is 24.9. The van der Waals surface area contributed by atoms with E-state index < -0.39 is 5.60 Å². The third-order valence-electron chi connectivity index (χ3n) is 5.93. The molecule has 1 fully saturated rings. The molecule has 1 N–H and O–H groups in total. The van der Waals surface area contributed by atoms with Crippen molar-refractivity contribution in [1.82, 2.24) is 20.0 Å². The van der Waals surface area contributed by atoms with Gasteiger partial charge in [-0.05, 0) is 86.7 Å². The standard InChI is InChI=1S/C26H31FN4O3S/c1-26(2,3)34-25(33)30-13-9-19(10-14-30)23-22(24(32)28-12-8-18-11-15-35-17-18)16-29-31(23)21-6-4-20(27)5-7-21/h4-7,11,15-17,19H,8-10,12-14H2,1-3H3,(H,28,32). The molecule has 0 aliphatic carbocycles. The molecule has 0 radical (unpaired) electrons. The molecule has 1 aliphatic rings. The van der Waals surface area contributed by atoms with Gasteiger partial charge in [-0.2, -0.15) is 16.4 Å². The number of benzene rings is 1. The summed E-state index contributed by atoms with van der Waals surface area (Å²) in [6.45, 7) is 7.11. The number of rotatable bonds is 6. The monoisotopic (exact) mass is 498 g/mol. The van der Waals surface area contributed by atoms with Crippen LogP contribution in [-0.2, 0) is 11.2 Å². The predicted octanol–water partition coefficient (Wildman–Crippen LogP) is 5.16. The highest BCUT2D eigenvalue weighted by molar-refractivity contribution is 7.07. The first-order valence-electron chi connectivity index (χ1n) is 11.8. The van der Waals surface area contributed by atoms with Crippen molar-refractivity contribution in [3.63, 3.8) is 0 Å². The van der Waals surface area contributed by atoms with E-state index in [4.69, 9.17) is 4.74 Å². The first-order chi connectivity index (χ1) is 16.7. The lowest BCUT2D eigenvalue weighted by atomic mass is 9.91. The Hall–Kier alpha value is -3.20. The molecular weight excluding hydrogens is 467 g/mol. The summed E-state index contributed by atoms with van der Waals surface area (Å²) in [6, 6.07) is 8.12. The first-order valence-corrected chi connectivity index (χ1v) is 12.8. The minimum atomic E-state index is -0.552. The average molecular weight is 499 g/mol. The summed E-state index contributed by atoms with van der Waals surface area (Å²) in [4.78, 5) is 27.4. The Labute approximate surface area is 208 Å². The van der Waals surface area contributed by atoms with Crippen molar-refractivity contribution in [2.45, 2.75) is 51.6 Å². The summed E-state index contributed by atoms with van der Waals surface area (Å²) in [7, 11) is 0. The minimum absolute atomic E-state index is 0.0128. The van der Waals surface area contributed by atoms with Crippen LogP contribution in [0.3, 0.4) is 0 Å². The molecule has 186 valence electrons. The molecular formula is C26H31FN4O3S. The Kier molecular flexibility index (Phi) is 7.54. The molecule has 7 nitrogen and oxygen atoms in total. The van der Waals surface area contributed by atoms with E-state index >= 15 is 0 Å². The van der Waals surface area contributed by atoms with Gasteiger partial charge in [0.25, 0.3) is 5.91 Å². The summed E-state index contributed by atoms with van der Waals surface area (Å²) in [5.41, 5.74) is 2.62. The number of ether oxygens (including phenoxy) is 1. The van der Waals surface area contributed by atoms with Gasteiger partial charge in [0.1, 0.15) is 11.4 Å². The van der Waals surface area contributed by atoms with Crippen LogP contribution in [0.25, 0.3) is 5.69 Å². The second kappa shape index (κ2) is 10.6. The van der Waals surface area contributed by atoms with Crippen molar-refractivity contribution < 1.29 is 18.7 Å². The summed E-state index contributed by atoms with van der Waals surface area (Å²) in [6.07, 6.45) is 3.35. The molecule has 1 aliphatic heterocycles. The van der Waals surface area contributed by atoms with Crippen LogP contribution in [0.2, 0.25) is 0 Å². The maximum Gasteiger partial charge on any atom is 0.410 e. The number of likely N-dealkylation sites (tertiary alicyclic amines) is 1. The number of nitrogens with one attached hydrogen (secondary N) is 1. The summed E-state index contributed by atoms with van der Waals surface area (Å²) >= 11 is 1.63. The van der Waals surface area contributed by atoms with E-state index in [0.29, 0.717) is 43.7 Å². The molecule has 3 heterocycles. The van der Waals surface area contributed by atoms with Crippen molar-refractivity contribution in [1.29, 1.82) is 0 Å². The fourth-order valence-electron chi connectivity index (χ4n) is 4.23. The van der Waals surface area contributed by atoms with Crippen LogP contribution in [-0.4, -0.2) is 51.9 Å². The van der Waals surface area contributed by atoms with Crippen LogP contribution in [0.1, 0.15) is 61.1 Å². The molecule has 35 heavy (non-hydrogen) atoms. The molecule has 0 bridgehead atoms. The number of hydrogen-bond donors (Lipinski definition) is 1. The molecule has 9 heteroatoms. The summed E-state index contributed by atoms with van der Waals surface area (Å²) in [5.74, 6) is -0.503. The number of thiophene rings is 1. The zero-order valence-electron chi connectivity index (χ0n) is 20.3. The molecule has 0 saturated carbocycles. The van der Waals surface area contributed by atoms with Gasteiger partial charge in [-0.3, -0.25) is 4.79 Å². The number of piperidine rings is 1. The normalized spacial score (nSPS) is 14.7. The van der Waals surface area contributed by atoms with Crippen LogP contribution in [0.15, 0.2) is 47.3 Å². The van der Waals surface area contributed by atoms with E-state index in [-0.39, 0.29) is 23.7 Å². The number of halogens is 1. The van der Waals surface area contributed by atoms with Crippen LogP contribution < -0.4 is 5.32 Å². The second-order valence-corrected chi connectivity index (χ2v) is 10.5. The van der Waals surface area contributed by atoms with Crippen LogP contribution in [0, 0.1) is 5.82 Å². The maximum absolute atomic E-state index is 13.5. The Morgan fingerprint density at radius 1 is 1.17 bits per heavy atom. The molecule has 2 amide bonds. The fourth-order valence-corrected chi connectivity index (χ4v) is 4.93. The largest absolute Gasteiger partial charge is 0.444 e. The molecule has 1 saturated heterocycles. The van der Waals surface area contributed by atoms with Gasteiger partial charge < -0.3 is 15.0 Å². The lowest BCUT2D eigenvalue weighted by Gasteiger charge is -2.34. The van der Waals surface area contributed by atoms with E-state index in [1.165, 1.54) is 17.7 Å². The minimum Gasteiger partial charge on any atom is -0.444 e. The van der Waals surface area contributed by atoms with Crippen molar-refractivity contribution in [2.24, 2.45) is 0 Å². The van der Waals surface area contributed by atoms with Gasteiger partial charge in [-0.1, -0.05) is 0 Å². The highest BCUT2D eigenvalue weighted by atomic mass is 32.1. The van der Waals surface area contributed by atoms with E-state index in [1.54, 1.807) is 39.2 Å². The third kappa shape index (κ3) is 6.28. The van der Waals surface area contributed by atoms with Crippen LogP contribution in [0.5, 0.6) is 0 Å². The number of amides is 2.